The summed E-state index contributed by atoms with van der Waals surface area (Å²) in [6, 6.07) is 12.9. The van der Waals surface area contributed by atoms with Crippen molar-refractivity contribution < 1.29 is 19.0 Å². The molecule has 0 unspecified atom stereocenters. The summed E-state index contributed by atoms with van der Waals surface area (Å²) in [4.78, 5) is 14.6. The molecule has 26 heavy (non-hydrogen) atoms. The van der Waals surface area contributed by atoms with E-state index in [1.165, 1.54) is 0 Å². The first-order chi connectivity index (χ1) is 12.6. The van der Waals surface area contributed by atoms with Gasteiger partial charge in [0.05, 0.1) is 21.3 Å². The van der Waals surface area contributed by atoms with Gasteiger partial charge >= 0.3 is 6.03 Å². The number of nitrogens with zero attached hydrogens (tertiary/aromatic N) is 1. The second kappa shape index (κ2) is 8.23. The van der Waals surface area contributed by atoms with E-state index < -0.39 is 0 Å². The van der Waals surface area contributed by atoms with Gasteiger partial charge in [0.15, 0.2) is 0 Å². The van der Waals surface area contributed by atoms with Gasteiger partial charge in [-0.15, -0.1) is 11.8 Å². The number of urea groups is 1. The minimum Gasteiger partial charge on any atom is -0.497 e. The van der Waals surface area contributed by atoms with Crippen molar-refractivity contribution in [3.63, 3.8) is 0 Å². The molecule has 1 saturated heterocycles. The predicted molar refractivity (Wildman–Crippen MR) is 103 cm³/mol. The lowest BCUT2D eigenvalue weighted by molar-refractivity contribution is 0.214. The van der Waals surface area contributed by atoms with Gasteiger partial charge in [0.2, 0.25) is 0 Å². The lowest BCUT2D eigenvalue weighted by atomic mass is 10.2. The third-order valence-corrected chi connectivity index (χ3v) is 5.41. The van der Waals surface area contributed by atoms with Crippen molar-refractivity contribution in [2.45, 2.75) is 5.37 Å². The largest absolute Gasteiger partial charge is 0.497 e. The van der Waals surface area contributed by atoms with Crippen LogP contribution < -0.4 is 19.5 Å². The molecule has 3 rings (SSSR count). The molecular weight excluding hydrogens is 352 g/mol. The summed E-state index contributed by atoms with van der Waals surface area (Å²) in [5.41, 5.74) is 1.71. The molecule has 1 aliphatic heterocycles. The molecular formula is C19H22N2O4S. The van der Waals surface area contributed by atoms with Crippen molar-refractivity contribution in [2.24, 2.45) is 0 Å². The SMILES string of the molecule is COc1ccc(NC(=O)N2CCS[C@@H]2c2cc(OC)cc(OC)c2)cc1. The predicted octanol–water partition coefficient (Wildman–Crippen LogP) is 3.99. The summed E-state index contributed by atoms with van der Waals surface area (Å²) in [6.07, 6.45) is 0. The Hall–Kier alpha value is -2.54. The van der Waals surface area contributed by atoms with Crippen LogP contribution in [-0.2, 0) is 0 Å². The van der Waals surface area contributed by atoms with Gasteiger partial charge in [0.1, 0.15) is 22.6 Å². The molecule has 2 amide bonds. The van der Waals surface area contributed by atoms with Crippen LogP contribution in [0.5, 0.6) is 17.2 Å². The normalized spacial score (nSPS) is 16.3. The summed E-state index contributed by atoms with van der Waals surface area (Å²) >= 11 is 1.72. The van der Waals surface area contributed by atoms with E-state index in [2.05, 4.69) is 5.32 Å². The van der Waals surface area contributed by atoms with Crippen LogP contribution in [0.25, 0.3) is 0 Å². The van der Waals surface area contributed by atoms with E-state index in [0.717, 1.165) is 22.8 Å². The van der Waals surface area contributed by atoms with Crippen LogP contribution in [-0.4, -0.2) is 44.6 Å². The van der Waals surface area contributed by atoms with Crippen molar-refractivity contribution >= 4 is 23.5 Å². The van der Waals surface area contributed by atoms with Crippen LogP contribution in [0, 0.1) is 0 Å². The Labute approximate surface area is 157 Å². The number of anilines is 1. The molecule has 0 spiro atoms. The Bertz CT molecular complexity index is 744. The Morgan fingerprint density at radius 1 is 1.00 bits per heavy atom. The number of amides is 2. The van der Waals surface area contributed by atoms with E-state index in [4.69, 9.17) is 14.2 Å². The van der Waals surface area contributed by atoms with Crippen LogP contribution in [0.15, 0.2) is 42.5 Å². The maximum atomic E-state index is 12.8. The summed E-state index contributed by atoms with van der Waals surface area (Å²) in [5.74, 6) is 3.05. The summed E-state index contributed by atoms with van der Waals surface area (Å²) in [7, 11) is 4.85. The highest BCUT2D eigenvalue weighted by molar-refractivity contribution is 7.99. The van der Waals surface area contributed by atoms with Crippen LogP contribution >= 0.6 is 11.8 Å². The van der Waals surface area contributed by atoms with Crippen molar-refractivity contribution in [1.82, 2.24) is 4.90 Å². The topological polar surface area (TPSA) is 60.0 Å². The van der Waals surface area contributed by atoms with E-state index in [9.17, 15) is 4.79 Å². The molecule has 0 saturated carbocycles. The zero-order valence-corrected chi connectivity index (χ0v) is 15.8. The fourth-order valence-corrected chi connectivity index (χ4v) is 4.03. The first-order valence-electron chi connectivity index (χ1n) is 8.21. The number of thioether (sulfide) groups is 1. The highest BCUT2D eigenvalue weighted by Gasteiger charge is 2.31. The zero-order chi connectivity index (χ0) is 18.5. The Kier molecular flexibility index (Phi) is 5.78. The highest BCUT2D eigenvalue weighted by Crippen LogP contribution is 2.40. The average Bonchev–Trinajstić information content (AvgIpc) is 3.18. The average molecular weight is 374 g/mol. The fourth-order valence-electron chi connectivity index (χ4n) is 2.80. The number of ether oxygens (including phenoxy) is 3. The van der Waals surface area contributed by atoms with Gasteiger partial charge in [0, 0.05) is 24.1 Å². The Balaban J connectivity index is 1.77. The Morgan fingerprint density at radius 2 is 1.62 bits per heavy atom. The van der Waals surface area contributed by atoms with Crippen molar-refractivity contribution in [3.05, 3.63) is 48.0 Å². The molecule has 1 aliphatic rings. The first-order valence-corrected chi connectivity index (χ1v) is 9.25. The Morgan fingerprint density at radius 3 is 2.19 bits per heavy atom. The molecule has 1 fully saturated rings. The summed E-state index contributed by atoms with van der Waals surface area (Å²) in [5, 5.41) is 2.86. The van der Waals surface area contributed by atoms with Crippen LogP contribution in [0.1, 0.15) is 10.9 Å². The molecule has 7 heteroatoms. The quantitative estimate of drug-likeness (QED) is 0.857. The maximum Gasteiger partial charge on any atom is 0.323 e. The molecule has 6 nitrogen and oxygen atoms in total. The number of hydrogen-bond donors (Lipinski definition) is 1. The number of methoxy groups -OCH3 is 3. The third kappa shape index (κ3) is 3.99. The van der Waals surface area contributed by atoms with Crippen molar-refractivity contribution in [1.29, 1.82) is 0 Å². The van der Waals surface area contributed by atoms with Gasteiger partial charge in [0.25, 0.3) is 0 Å². The van der Waals surface area contributed by atoms with Gasteiger partial charge < -0.3 is 24.4 Å². The number of hydrogen-bond acceptors (Lipinski definition) is 5. The monoisotopic (exact) mass is 374 g/mol. The van der Waals surface area contributed by atoms with Crippen molar-refractivity contribution in [3.8, 4) is 17.2 Å². The lowest BCUT2D eigenvalue weighted by Crippen LogP contribution is -2.34. The summed E-state index contributed by atoms with van der Waals surface area (Å²) in [6.45, 7) is 0.677. The van der Waals surface area contributed by atoms with Gasteiger partial charge in [-0.25, -0.2) is 4.79 Å². The molecule has 1 N–H and O–H groups in total. The molecule has 0 bridgehead atoms. The van der Waals surface area contributed by atoms with Gasteiger partial charge in [-0.2, -0.15) is 0 Å². The minimum absolute atomic E-state index is 0.0859. The zero-order valence-electron chi connectivity index (χ0n) is 15.0. The molecule has 0 aromatic heterocycles. The van der Waals surface area contributed by atoms with E-state index in [1.807, 2.05) is 47.4 Å². The smallest absolute Gasteiger partial charge is 0.323 e. The second-order valence-electron chi connectivity index (χ2n) is 5.72. The summed E-state index contributed by atoms with van der Waals surface area (Å²) < 4.78 is 15.8. The molecule has 1 heterocycles. The van der Waals surface area contributed by atoms with E-state index in [1.54, 1.807) is 33.1 Å². The second-order valence-corrected chi connectivity index (χ2v) is 6.91. The van der Waals surface area contributed by atoms with Crippen LogP contribution in [0.4, 0.5) is 10.5 Å². The van der Waals surface area contributed by atoms with Crippen LogP contribution in [0.2, 0.25) is 0 Å². The standard InChI is InChI=1S/C19H22N2O4S/c1-23-15-6-4-14(5-7-15)20-19(22)21-8-9-26-18(21)13-10-16(24-2)12-17(11-13)25-3/h4-7,10-12,18H,8-9H2,1-3H3,(H,20,22)/t18-/m1/s1. The van der Waals surface area contributed by atoms with Crippen molar-refractivity contribution in [2.75, 3.05) is 38.9 Å². The minimum atomic E-state index is -0.132. The number of carbonyl (C=O) groups excluding carboxylic acids is 1. The highest BCUT2D eigenvalue weighted by atomic mass is 32.2. The molecule has 0 radical (unpaired) electrons. The molecule has 1 atom stereocenters. The van der Waals surface area contributed by atoms with E-state index >= 15 is 0 Å². The maximum absolute atomic E-state index is 12.8. The number of rotatable bonds is 5. The molecule has 2 aromatic carbocycles. The van der Waals surface area contributed by atoms with Gasteiger partial charge in [-0.1, -0.05) is 0 Å². The number of nitrogens with one attached hydrogen (secondary N) is 1. The van der Waals surface area contributed by atoms with Crippen LogP contribution in [0.3, 0.4) is 0 Å². The van der Waals surface area contributed by atoms with Gasteiger partial charge in [-0.3, -0.25) is 0 Å². The number of carbonyl (C=O) groups is 1. The molecule has 0 aliphatic carbocycles. The fraction of sp³-hybridized carbons (Fsp3) is 0.316. The van der Waals surface area contributed by atoms with E-state index in [0.29, 0.717) is 18.0 Å². The third-order valence-electron chi connectivity index (χ3n) is 4.15. The first kappa shape index (κ1) is 18.3. The molecule has 138 valence electrons. The molecule has 2 aromatic rings. The van der Waals surface area contributed by atoms with E-state index in [-0.39, 0.29) is 11.4 Å². The van der Waals surface area contributed by atoms with Gasteiger partial charge in [-0.05, 0) is 42.0 Å². The number of benzene rings is 2. The lowest BCUT2D eigenvalue weighted by Gasteiger charge is -2.25.